The van der Waals surface area contributed by atoms with Crippen LogP contribution in [0.4, 0.5) is 5.69 Å². The summed E-state index contributed by atoms with van der Waals surface area (Å²) in [4.78, 5) is 23.4. The Hall–Kier alpha value is -1.88. The van der Waals surface area contributed by atoms with Gasteiger partial charge in [0.1, 0.15) is 0 Å². The van der Waals surface area contributed by atoms with Crippen LogP contribution in [0.5, 0.6) is 0 Å². The number of esters is 1. The molecule has 110 valence electrons. The van der Waals surface area contributed by atoms with E-state index in [1.165, 1.54) is 0 Å². The molecular weight excluding hydrogens is 256 g/mol. The van der Waals surface area contributed by atoms with Crippen LogP contribution in [0, 0.1) is 0 Å². The predicted octanol–water partition coefficient (Wildman–Crippen LogP) is 2.32. The van der Waals surface area contributed by atoms with Crippen LogP contribution in [0.15, 0.2) is 24.3 Å². The summed E-state index contributed by atoms with van der Waals surface area (Å²) in [5, 5.41) is 2.72. The fraction of sp³-hybridized carbons (Fsp3) is 0.467. The van der Waals surface area contributed by atoms with Crippen LogP contribution in [0.25, 0.3) is 0 Å². The maximum atomic E-state index is 11.7. The largest absolute Gasteiger partial charge is 0.459 e. The van der Waals surface area contributed by atoms with E-state index in [2.05, 4.69) is 5.32 Å². The quantitative estimate of drug-likeness (QED) is 0.782. The summed E-state index contributed by atoms with van der Waals surface area (Å²) in [7, 11) is 0. The van der Waals surface area contributed by atoms with Gasteiger partial charge in [0.15, 0.2) is 0 Å². The molecule has 20 heavy (non-hydrogen) atoms. The summed E-state index contributed by atoms with van der Waals surface area (Å²) >= 11 is 0. The van der Waals surface area contributed by atoms with Crippen molar-refractivity contribution < 1.29 is 14.3 Å². The molecule has 1 amide bonds. The molecule has 0 aliphatic heterocycles. The lowest BCUT2D eigenvalue weighted by atomic mass is 10.1. The first kappa shape index (κ1) is 16.2. The fourth-order valence-corrected chi connectivity index (χ4v) is 1.65. The second-order valence-corrected chi connectivity index (χ2v) is 4.92. The van der Waals surface area contributed by atoms with E-state index in [-0.39, 0.29) is 18.0 Å². The number of hydrogen-bond acceptors (Lipinski definition) is 4. The number of carbonyl (C=O) groups excluding carboxylic acids is 2. The minimum Gasteiger partial charge on any atom is -0.459 e. The number of anilines is 1. The van der Waals surface area contributed by atoms with Gasteiger partial charge in [-0.15, -0.1) is 0 Å². The summed E-state index contributed by atoms with van der Waals surface area (Å²) < 4.78 is 5.08. The minimum atomic E-state index is -0.509. The number of hydrogen-bond donors (Lipinski definition) is 2. The molecule has 0 unspecified atom stereocenters. The molecule has 1 atom stereocenters. The third kappa shape index (κ3) is 5.01. The third-order valence-electron chi connectivity index (χ3n) is 2.67. The van der Waals surface area contributed by atoms with Crippen LogP contribution in [-0.2, 0) is 9.53 Å². The fourth-order valence-electron chi connectivity index (χ4n) is 1.65. The first-order valence-corrected chi connectivity index (χ1v) is 6.81. The van der Waals surface area contributed by atoms with Crippen molar-refractivity contribution in [2.75, 3.05) is 5.32 Å². The van der Waals surface area contributed by atoms with Crippen LogP contribution >= 0.6 is 0 Å². The van der Waals surface area contributed by atoms with Crippen LogP contribution in [0.1, 0.15) is 44.0 Å². The van der Waals surface area contributed by atoms with E-state index < -0.39 is 6.04 Å². The zero-order chi connectivity index (χ0) is 15.1. The topological polar surface area (TPSA) is 81.4 Å². The molecule has 0 fully saturated rings. The van der Waals surface area contributed by atoms with Gasteiger partial charge >= 0.3 is 5.97 Å². The highest BCUT2D eigenvalue weighted by Gasteiger charge is 2.13. The van der Waals surface area contributed by atoms with E-state index in [9.17, 15) is 9.59 Å². The van der Waals surface area contributed by atoms with Crippen LogP contribution in [0.3, 0.4) is 0 Å². The van der Waals surface area contributed by atoms with E-state index in [1.807, 2.05) is 6.92 Å². The zero-order valence-electron chi connectivity index (χ0n) is 12.2. The number of nitrogens with one attached hydrogen (secondary N) is 1. The standard InChI is InChI=1S/C15H22N2O3/c1-4-5-13(16)14(18)17-12-8-6-11(7-9-12)15(19)20-10(2)3/h6-10,13H,4-5,16H2,1-3H3,(H,17,18)/t13-/m0/s1. The maximum Gasteiger partial charge on any atom is 0.338 e. The zero-order valence-corrected chi connectivity index (χ0v) is 12.2. The molecule has 0 bridgehead atoms. The highest BCUT2D eigenvalue weighted by Crippen LogP contribution is 2.12. The van der Waals surface area contributed by atoms with Gasteiger partial charge in [-0.1, -0.05) is 13.3 Å². The smallest absolute Gasteiger partial charge is 0.338 e. The Labute approximate surface area is 119 Å². The number of rotatable bonds is 6. The van der Waals surface area contributed by atoms with Crippen molar-refractivity contribution >= 4 is 17.6 Å². The van der Waals surface area contributed by atoms with E-state index in [4.69, 9.17) is 10.5 Å². The lowest BCUT2D eigenvalue weighted by Crippen LogP contribution is -2.35. The molecule has 0 aliphatic rings. The molecule has 1 aromatic carbocycles. The number of benzene rings is 1. The van der Waals surface area contributed by atoms with E-state index in [0.717, 1.165) is 6.42 Å². The van der Waals surface area contributed by atoms with Gasteiger partial charge in [-0.05, 0) is 44.5 Å². The highest BCUT2D eigenvalue weighted by atomic mass is 16.5. The lowest BCUT2D eigenvalue weighted by molar-refractivity contribution is -0.117. The average molecular weight is 278 g/mol. The Balaban J connectivity index is 2.63. The van der Waals surface area contributed by atoms with Crippen LogP contribution in [-0.4, -0.2) is 24.0 Å². The molecule has 0 aromatic heterocycles. The molecule has 1 rings (SSSR count). The Morgan fingerprint density at radius 2 is 1.85 bits per heavy atom. The van der Waals surface area contributed by atoms with Crippen LogP contribution in [0.2, 0.25) is 0 Å². The summed E-state index contributed by atoms with van der Waals surface area (Å²) in [5.74, 6) is -0.593. The Morgan fingerprint density at radius 1 is 1.25 bits per heavy atom. The monoisotopic (exact) mass is 278 g/mol. The molecule has 3 N–H and O–H groups in total. The molecule has 1 aromatic rings. The molecule has 0 saturated carbocycles. The van der Waals surface area contributed by atoms with Crippen LogP contribution < -0.4 is 11.1 Å². The summed E-state index contributed by atoms with van der Waals surface area (Å²) in [6.07, 6.45) is 1.34. The van der Waals surface area contributed by atoms with Crippen molar-refractivity contribution in [1.82, 2.24) is 0 Å². The summed E-state index contributed by atoms with van der Waals surface area (Å²) in [6.45, 7) is 5.56. The van der Waals surface area contributed by atoms with Gasteiger partial charge in [-0.25, -0.2) is 4.79 Å². The van der Waals surface area contributed by atoms with Crippen molar-refractivity contribution in [1.29, 1.82) is 0 Å². The van der Waals surface area contributed by atoms with Gasteiger partial charge in [-0.3, -0.25) is 4.79 Å². The van der Waals surface area contributed by atoms with E-state index in [1.54, 1.807) is 38.1 Å². The van der Waals surface area contributed by atoms with E-state index in [0.29, 0.717) is 17.7 Å². The van der Waals surface area contributed by atoms with Crippen molar-refractivity contribution in [2.24, 2.45) is 5.73 Å². The van der Waals surface area contributed by atoms with Gasteiger partial charge in [0.05, 0.1) is 17.7 Å². The molecule has 0 heterocycles. The Bertz CT molecular complexity index is 455. The lowest BCUT2D eigenvalue weighted by Gasteiger charge is -2.12. The van der Waals surface area contributed by atoms with Gasteiger partial charge < -0.3 is 15.8 Å². The molecule has 0 saturated heterocycles. The SMILES string of the molecule is CCC[C@H](N)C(=O)Nc1ccc(C(=O)OC(C)C)cc1. The summed E-state index contributed by atoms with van der Waals surface area (Å²) in [6, 6.07) is 6.05. The molecule has 0 spiro atoms. The maximum absolute atomic E-state index is 11.7. The van der Waals surface area contributed by atoms with Crippen molar-refractivity contribution in [3.63, 3.8) is 0 Å². The number of nitrogens with two attached hydrogens (primary N) is 1. The van der Waals surface area contributed by atoms with Crippen molar-refractivity contribution in [2.45, 2.75) is 45.8 Å². The third-order valence-corrected chi connectivity index (χ3v) is 2.67. The van der Waals surface area contributed by atoms with Gasteiger partial charge in [0, 0.05) is 5.69 Å². The minimum absolute atomic E-state index is 0.158. The molecule has 5 nitrogen and oxygen atoms in total. The first-order chi connectivity index (χ1) is 9.43. The number of carbonyl (C=O) groups is 2. The molecule has 0 aliphatic carbocycles. The van der Waals surface area contributed by atoms with Crippen molar-refractivity contribution in [3.8, 4) is 0 Å². The number of ether oxygens (including phenoxy) is 1. The second-order valence-electron chi connectivity index (χ2n) is 4.92. The second kappa shape index (κ2) is 7.65. The van der Waals surface area contributed by atoms with Crippen molar-refractivity contribution in [3.05, 3.63) is 29.8 Å². The van der Waals surface area contributed by atoms with Gasteiger partial charge in [0.25, 0.3) is 0 Å². The predicted molar refractivity (Wildman–Crippen MR) is 78.5 cm³/mol. The normalized spacial score (nSPS) is 12.1. The first-order valence-electron chi connectivity index (χ1n) is 6.81. The Kier molecular flexibility index (Phi) is 6.18. The average Bonchev–Trinajstić information content (AvgIpc) is 2.39. The highest BCUT2D eigenvalue weighted by molar-refractivity contribution is 5.95. The van der Waals surface area contributed by atoms with Gasteiger partial charge in [0.2, 0.25) is 5.91 Å². The summed E-state index contributed by atoms with van der Waals surface area (Å²) in [5.41, 5.74) is 6.79. The Morgan fingerprint density at radius 3 is 2.35 bits per heavy atom. The molecule has 5 heteroatoms. The van der Waals surface area contributed by atoms with Gasteiger partial charge in [-0.2, -0.15) is 0 Å². The van der Waals surface area contributed by atoms with E-state index >= 15 is 0 Å². The number of amides is 1. The molecule has 0 radical (unpaired) electrons. The molecular formula is C15H22N2O3.